The lowest BCUT2D eigenvalue weighted by Gasteiger charge is -2.34. The third kappa shape index (κ3) is 1.93. The normalized spacial score (nSPS) is 30.5. The number of aromatic hydroxyl groups is 2. The van der Waals surface area contributed by atoms with Crippen LogP contribution in [-0.4, -0.2) is 33.9 Å². The molecule has 24 heavy (non-hydrogen) atoms. The van der Waals surface area contributed by atoms with Crippen LogP contribution in [-0.2, 0) is 14.3 Å². The van der Waals surface area contributed by atoms with Crippen molar-refractivity contribution in [2.24, 2.45) is 15.9 Å². The molecule has 1 aromatic carbocycles. The Morgan fingerprint density at radius 2 is 2.00 bits per heavy atom. The van der Waals surface area contributed by atoms with Gasteiger partial charge in [-0.05, 0) is 31.9 Å². The van der Waals surface area contributed by atoms with Gasteiger partial charge in [-0.1, -0.05) is 13.8 Å². The van der Waals surface area contributed by atoms with E-state index < -0.39 is 22.3 Å². The second kappa shape index (κ2) is 4.96. The van der Waals surface area contributed by atoms with E-state index in [2.05, 4.69) is 10.5 Å². The molecule has 0 radical (unpaired) electrons. The smallest absolute Gasteiger partial charge is 0.313 e. The van der Waals surface area contributed by atoms with Crippen LogP contribution in [0.4, 0.5) is 0 Å². The van der Waals surface area contributed by atoms with Crippen LogP contribution in [0.25, 0.3) is 0 Å². The van der Waals surface area contributed by atoms with Gasteiger partial charge in [0.25, 0.3) is 5.91 Å². The van der Waals surface area contributed by atoms with Crippen molar-refractivity contribution in [1.82, 2.24) is 5.43 Å². The van der Waals surface area contributed by atoms with Crippen LogP contribution in [0.2, 0.25) is 0 Å². The quantitative estimate of drug-likeness (QED) is 0.443. The van der Waals surface area contributed by atoms with Crippen molar-refractivity contribution in [3.05, 3.63) is 23.8 Å². The number of fused-ring (bicyclic) bond motifs is 2. The number of ether oxygens (including phenoxy) is 1. The number of phenolic OH excluding ortho intramolecular Hbond substituents is 2. The van der Waals surface area contributed by atoms with E-state index in [0.29, 0.717) is 18.4 Å². The van der Waals surface area contributed by atoms with Crippen LogP contribution in [0, 0.1) is 10.8 Å². The molecular weight excluding hydrogens is 312 g/mol. The van der Waals surface area contributed by atoms with Crippen LogP contribution in [0.1, 0.15) is 39.2 Å². The first-order valence-electron chi connectivity index (χ1n) is 7.73. The molecule has 7 nitrogen and oxygen atoms in total. The highest BCUT2D eigenvalue weighted by molar-refractivity contribution is 5.96. The van der Waals surface area contributed by atoms with E-state index in [4.69, 9.17) is 4.74 Å². The van der Waals surface area contributed by atoms with Gasteiger partial charge in [0.1, 0.15) is 11.5 Å². The van der Waals surface area contributed by atoms with Gasteiger partial charge in [-0.3, -0.25) is 9.59 Å². The molecule has 0 aromatic heterocycles. The lowest BCUT2D eigenvalue weighted by molar-refractivity contribution is -0.168. The van der Waals surface area contributed by atoms with E-state index in [1.165, 1.54) is 24.4 Å². The van der Waals surface area contributed by atoms with Crippen LogP contribution >= 0.6 is 0 Å². The molecule has 1 heterocycles. The van der Waals surface area contributed by atoms with Gasteiger partial charge in [-0.2, -0.15) is 5.10 Å². The molecule has 1 saturated heterocycles. The summed E-state index contributed by atoms with van der Waals surface area (Å²) in [5.74, 6) is -1.06. The van der Waals surface area contributed by atoms with Crippen molar-refractivity contribution in [2.45, 2.75) is 39.2 Å². The summed E-state index contributed by atoms with van der Waals surface area (Å²) >= 11 is 0. The van der Waals surface area contributed by atoms with Gasteiger partial charge in [0.15, 0.2) is 5.60 Å². The minimum Gasteiger partial charge on any atom is -0.508 e. The summed E-state index contributed by atoms with van der Waals surface area (Å²) in [4.78, 5) is 24.8. The van der Waals surface area contributed by atoms with E-state index in [9.17, 15) is 19.8 Å². The number of carbonyl (C=O) groups is 2. The molecule has 3 rings (SSSR count). The monoisotopic (exact) mass is 332 g/mol. The Hall–Kier alpha value is -2.57. The largest absolute Gasteiger partial charge is 0.508 e. The van der Waals surface area contributed by atoms with Crippen molar-refractivity contribution in [3.63, 3.8) is 0 Å². The number of rotatable bonds is 3. The predicted octanol–water partition coefficient (Wildman–Crippen LogP) is 1.67. The van der Waals surface area contributed by atoms with Crippen LogP contribution in [0.15, 0.2) is 23.3 Å². The molecular formula is C17H20N2O5. The standard InChI is InChI=1S/C17H20N2O5/c1-15(2)16(3)6-7-17(15,24-14(16)23)13(22)19-18-9-10-4-5-11(20)8-12(10)21/h4-5,8-9,20-21H,6-7H2,1-3H3,(H,19,22)/b18-9+/t16-,17+/m0/s1. The summed E-state index contributed by atoms with van der Waals surface area (Å²) in [5.41, 5.74) is 0.196. The highest BCUT2D eigenvalue weighted by Gasteiger charge is 2.75. The van der Waals surface area contributed by atoms with Crippen molar-refractivity contribution in [3.8, 4) is 11.5 Å². The molecule has 0 spiro atoms. The molecule has 1 amide bonds. The first-order valence-corrected chi connectivity index (χ1v) is 7.73. The number of phenols is 2. The van der Waals surface area contributed by atoms with Gasteiger partial charge in [0.2, 0.25) is 0 Å². The fraction of sp³-hybridized carbons (Fsp3) is 0.471. The Balaban J connectivity index is 1.79. The fourth-order valence-corrected chi connectivity index (χ4v) is 3.64. The van der Waals surface area contributed by atoms with Gasteiger partial charge >= 0.3 is 5.97 Å². The highest BCUT2D eigenvalue weighted by Crippen LogP contribution is 2.65. The number of hydrogen-bond acceptors (Lipinski definition) is 6. The molecule has 2 atom stereocenters. The average molecular weight is 332 g/mol. The average Bonchev–Trinajstić information content (AvgIpc) is 2.79. The first kappa shape index (κ1) is 16.3. The van der Waals surface area contributed by atoms with Crippen LogP contribution in [0.3, 0.4) is 0 Å². The molecule has 128 valence electrons. The zero-order valence-corrected chi connectivity index (χ0v) is 13.8. The van der Waals surface area contributed by atoms with Crippen molar-refractivity contribution in [1.29, 1.82) is 0 Å². The second-order valence-electron chi connectivity index (χ2n) is 7.12. The number of nitrogens with zero attached hydrogens (tertiary/aromatic N) is 1. The van der Waals surface area contributed by atoms with E-state index in [1.807, 2.05) is 20.8 Å². The Kier molecular flexibility index (Phi) is 3.37. The lowest BCUT2D eigenvalue weighted by Crippen LogP contribution is -2.52. The zero-order valence-electron chi connectivity index (χ0n) is 13.8. The Morgan fingerprint density at radius 3 is 2.54 bits per heavy atom. The first-order chi connectivity index (χ1) is 11.1. The van der Waals surface area contributed by atoms with Gasteiger partial charge in [-0.15, -0.1) is 0 Å². The van der Waals surface area contributed by atoms with Crippen LogP contribution < -0.4 is 5.43 Å². The summed E-state index contributed by atoms with van der Waals surface area (Å²) in [6, 6.07) is 4.03. The second-order valence-corrected chi connectivity index (χ2v) is 7.12. The van der Waals surface area contributed by atoms with E-state index in [-0.39, 0.29) is 17.5 Å². The van der Waals surface area contributed by atoms with Gasteiger partial charge in [0, 0.05) is 17.0 Å². The molecule has 0 unspecified atom stereocenters. The van der Waals surface area contributed by atoms with Crippen molar-refractivity contribution >= 4 is 18.1 Å². The number of nitrogens with one attached hydrogen (secondary N) is 1. The van der Waals surface area contributed by atoms with E-state index >= 15 is 0 Å². The highest BCUT2D eigenvalue weighted by atomic mass is 16.6. The third-order valence-electron chi connectivity index (χ3n) is 5.83. The molecule has 7 heteroatoms. The SMILES string of the molecule is CC1(C)[C@@]2(C)CC[C@]1(C(=O)N/N=C/c1ccc(O)cc1O)OC2=O. The number of hydrazone groups is 1. The Labute approximate surface area is 139 Å². The molecule has 1 aromatic rings. The van der Waals surface area contributed by atoms with Gasteiger partial charge < -0.3 is 14.9 Å². The molecule has 2 bridgehead atoms. The zero-order chi connectivity index (χ0) is 17.8. The molecule has 1 aliphatic carbocycles. The van der Waals surface area contributed by atoms with E-state index in [1.54, 1.807) is 0 Å². The maximum Gasteiger partial charge on any atom is 0.313 e. The Morgan fingerprint density at radius 1 is 1.29 bits per heavy atom. The summed E-state index contributed by atoms with van der Waals surface area (Å²) in [5, 5.41) is 22.8. The predicted molar refractivity (Wildman–Crippen MR) is 85.5 cm³/mol. The summed E-state index contributed by atoms with van der Waals surface area (Å²) in [6.45, 7) is 5.55. The third-order valence-corrected chi connectivity index (χ3v) is 5.83. The number of esters is 1. The maximum absolute atomic E-state index is 12.7. The molecule has 1 aliphatic heterocycles. The maximum atomic E-state index is 12.7. The molecule has 1 saturated carbocycles. The number of carbonyl (C=O) groups excluding carboxylic acids is 2. The van der Waals surface area contributed by atoms with Gasteiger partial charge in [-0.25, -0.2) is 5.43 Å². The summed E-state index contributed by atoms with van der Waals surface area (Å²) < 4.78 is 5.46. The van der Waals surface area contributed by atoms with Crippen molar-refractivity contribution in [2.75, 3.05) is 0 Å². The number of hydrogen-bond donors (Lipinski definition) is 3. The summed E-state index contributed by atoms with van der Waals surface area (Å²) in [7, 11) is 0. The minimum atomic E-state index is -1.23. The minimum absolute atomic E-state index is 0.0718. The molecule has 3 N–H and O–H groups in total. The lowest BCUT2D eigenvalue weighted by atomic mass is 9.66. The van der Waals surface area contributed by atoms with Crippen LogP contribution in [0.5, 0.6) is 11.5 Å². The fourth-order valence-electron chi connectivity index (χ4n) is 3.64. The summed E-state index contributed by atoms with van der Waals surface area (Å²) in [6.07, 6.45) is 2.31. The molecule has 2 aliphatic rings. The topological polar surface area (TPSA) is 108 Å². The number of benzene rings is 1. The van der Waals surface area contributed by atoms with Gasteiger partial charge in [0.05, 0.1) is 11.6 Å². The Bertz CT molecular complexity index is 757. The molecule has 2 fully saturated rings. The van der Waals surface area contributed by atoms with Crippen molar-refractivity contribution < 1.29 is 24.5 Å². The number of amides is 1. The van der Waals surface area contributed by atoms with E-state index in [0.717, 1.165) is 0 Å².